The summed E-state index contributed by atoms with van der Waals surface area (Å²) in [6.45, 7) is 7.19. The summed E-state index contributed by atoms with van der Waals surface area (Å²) in [5, 5.41) is 20.0. The first-order chi connectivity index (χ1) is 26.6. The first-order valence-electron chi connectivity index (χ1n) is 19.4. The third kappa shape index (κ3) is 6.39. The summed E-state index contributed by atoms with van der Waals surface area (Å²) in [4.78, 5) is 19.1. The van der Waals surface area contributed by atoms with Crippen LogP contribution < -0.4 is 14.4 Å². The summed E-state index contributed by atoms with van der Waals surface area (Å²) in [6, 6.07) is 8.05. The van der Waals surface area contributed by atoms with Crippen molar-refractivity contribution in [3.8, 4) is 28.9 Å². The van der Waals surface area contributed by atoms with Crippen LogP contribution in [0.5, 0.6) is 17.6 Å². The maximum absolute atomic E-state index is 17.3. The van der Waals surface area contributed by atoms with Crippen molar-refractivity contribution in [3.05, 3.63) is 52.8 Å². The molecule has 0 amide bonds. The molecule has 5 aromatic rings. The number of phenolic OH excluding ortho intramolecular Hbond substituents is 1. The molecule has 3 aromatic heterocycles. The van der Waals surface area contributed by atoms with Crippen molar-refractivity contribution in [2.45, 2.75) is 103 Å². The van der Waals surface area contributed by atoms with Gasteiger partial charge in [-0.15, -0.1) is 5.10 Å². The van der Waals surface area contributed by atoms with Crippen molar-refractivity contribution < 1.29 is 28.1 Å². The van der Waals surface area contributed by atoms with Crippen molar-refractivity contribution in [1.82, 2.24) is 34.8 Å². The lowest BCUT2D eigenvalue weighted by molar-refractivity contribution is -0.0967. The van der Waals surface area contributed by atoms with Gasteiger partial charge in [0.1, 0.15) is 34.0 Å². The number of aryl methyl sites for hydroxylation is 1. The fourth-order valence-corrected chi connectivity index (χ4v) is 10.2. The minimum Gasteiger partial charge on any atom is -0.508 e. The zero-order chi connectivity index (χ0) is 38.0. The predicted octanol–water partition coefficient (Wildman–Crippen LogP) is 7.46. The number of aromatic nitrogens is 6. The molecule has 15 heteroatoms. The number of aromatic hydroxyl groups is 1. The fourth-order valence-electron chi connectivity index (χ4n) is 9.99. The minimum absolute atomic E-state index is 0.0278. The molecule has 0 spiro atoms. The third-order valence-corrected chi connectivity index (χ3v) is 12.6. The summed E-state index contributed by atoms with van der Waals surface area (Å²) in [5.74, 6) is -1.15. The number of benzene rings is 2. The molecule has 4 aliphatic rings. The average Bonchev–Trinajstić information content (AvgIpc) is 3.68. The fraction of sp³-hybridized carbons (Fsp3) is 0.525. The monoisotopic (exact) mass is 774 g/mol. The van der Waals surface area contributed by atoms with Gasteiger partial charge in [-0.2, -0.15) is 9.97 Å². The number of likely N-dealkylation sites (tertiary alicyclic amines) is 1. The van der Waals surface area contributed by atoms with Gasteiger partial charge in [0, 0.05) is 41.5 Å². The van der Waals surface area contributed by atoms with Crippen LogP contribution in [0.2, 0.25) is 5.15 Å². The van der Waals surface area contributed by atoms with Gasteiger partial charge in [0.05, 0.1) is 38.2 Å². The quantitative estimate of drug-likeness (QED) is 0.177. The Bertz CT molecular complexity index is 2270. The van der Waals surface area contributed by atoms with Crippen molar-refractivity contribution in [2.24, 2.45) is 5.41 Å². The highest BCUT2D eigenvalue weighted by atomic mass is 35.5. The highest BCUT2D eigenvalue weighted by molar-refractivity contribution is 6.30. The van der Waals surface area contributed by atoms with Crippen LogP contribution in [0.15, 0.2) is 30.3 Å². The predicted molar refractivity (Wildman–Crippen MR) is 204 cm³/mol. The van der Waals surface area contributed by atoms with E-state index in [-0.39, 0.29) is 74.5 Å². The second-order valence-electron chi connectivity index (χ2n) is 15.8. The van der Waals surface area contributed by atoms with Gasteiger partial charge in [-0.05, 0) is 88.9 Å². The van der Waals surface area contributed by atoms with Crippen LogP contribution in [0.3, 0.4) is 0 Å². The highest BCUT2D eigenvalue weighted by Crippen LogP contribution is 2.50. The number of ether oxygens (including phenoxy) is 3. The Balaban J connectivity index is 1.16. The zero-order valence-electron chi connectivity index (χ0n) is 31.3. The Kier molecular flexibility index (Phi) is 9.41. The summed E-state index contributed by atoms with van der Waals surface area (Å²) < 4.78 is 53.1. The van der Waals surface area contributed by atoms with Crippen LogP contribution in [0.4, 0.5) is 14.6 Å². The number of fused-ring (bicyclic) bond motifs is 4. The van der Waals surface area contributed by atoms with Crippen LogP contribution in [-0.2, 0) is 17.8 Å². The average molecular weight is 775 g/mol. The number of hydrogen-bond donors (Lipinski definition) is 1. The molecule has 3 aliphatic heterocycles. The Labute approximate surface area is 322 Å². The Morgan fingerprint density at radius 1 is 1.00 bits per heavy atom. The normalized spacial score (nSPS) is 25.9. The van der Waals surface area contributed by atoms with E-state index in [0.717, 1.165) is 51.5 Å². The van der Waals surface area contributed by atoms with Gasteiger partial charge in [0.25, 0.3) is 0 Å². The van der Waals surface area contributed by atoms with Crippen molar-refractivity contribution >= 4 is 39.1 Å². The molecule has 6 heterocycles. The molecule has 0 radical (unpaired) electrons. The molecule has 0 bridgehead atoms. The number of nitrogens with zero attached hydrogens (tertiary/aromatic N) is 8. The highest BCUT2D eigenvalue weighted by Gasteiger charge is 2.50. The number of piperidine rings is 1. The summed E-state index contributed by atoms with van der Waals surface area (Å²) in [6.07, 6.45) is 8.46. The smallest absolute Gasteiger partial charge is 0.319 e. The molecule has 1 saturated carbocycles. The number of hydrogen-bond acceptors (Lipinski definition) is 11. The molecular formula is C40H45ClF2N8O4. The Morgan fingerprint density at radius 2 is 1.82 bits per heavy atom. The lowest BCUT2D eigenvalue weighted by Gasteiger charge is -2.51. The zero-order valence-corrected chi connectivity index (χ0v) is 32.0. The molecule has 1 aliphatic carbocycles. The topological polar surface area (TPSA) is 124 Å². The second kappa shape index (κ2) is 14.3. The lowest BCUT2D eigenvalue weighted by Crippen LogP contribution is -2.57. The molecular weight excluding hydrogens is 730 g/mol. The maximum Gasteiger partial charge on any atom is 0.319 e. The van der Waals surface area contributed by atoms with E-state index in [4.69, 9.17) is 35.8 Å². The number of pyridine rings is 1. The van der Waals surface area contributed by atoms with Gasteiger partial charge in [0.15, 0.2) is 11.0 Å². The van der Waals surface area contributed by atoms with E-state index in [1.807, 2.05) is 4.90 Å². The van der Waals surface area contributed by atoms with E-state index >= 15 is 8.78 Å². The SMILES string of the molecule is COc1nc(-c2cc(O)cc3cccc(F)c23)c(F)c2nc(OC[C@]34CCC[C@H]3N(C3C[C@@H](C)O[C@@H](C)C3)CCC4)nc(N3CCCn4nnc(Cl)c4C3)c12. The van der Waals surface area contributed by atoms with E-state index < -0.39 is 11.6 Å². The molecule has 55 heavy (non-hydrogen) atoms. The molecule has 12 nitrogen and oxygen atoms in total. The molecule has 1 N–H and O–H groups in total. The number of methoxy groups -OCH3 is 1. The van der Waals surface area contributed by atoms with E-state index in [1.165, 1.54) is 31.4 Å². The van der Waals surface area contributed by atoms with E-state index in [2.05, 4.69) is 34.0 Å². The first-order valence-corrected chi connectivity index (χ1v) is 19.7. The number of halogens is 3. The van der Waals surface area contributed by atoms with Crippen molar-refractivity contribution in [1.29, 1.82) is 0 Å². The molecule has 290 valence electrons. The van der Waals surface area contributed by atoms with Gasteiger partial charge < -0.3 is 24.2 Å². The van der Waals surface area contributed by atoms with Gasteiger partial charge in [-0.25, -0.2) is 18.4 Å². The number of phenols is 1. The van der Waals surface area contributed by atoms with Crippen LogP contribution >= 0.6 is 11.6 Å². The van der Waals surface area contributed by atoms with E-state index in [0.29, 0.717) is 55.1 Å². The molecule has 2 saturated heterocycles. The molecule has 2 aromatic carbocycles. The third-order valence-electron chi connectivity index (χ3n) is 12.3. The van der Waals surface area contributed by atoms with Gasteiger partial charge in [-0.1, -0.05) is 35.4 Å². The van der Waals surface area contributed by atoms with Crippen LogP contribution in [0.1, 0.15) is 70.9 Å². The summed E-state index contributed by atoms with van der Waals surface area (Å²) in [5.41, 5.74) is 0.354. The molecule has 3 fully saturated rings. The molecule has 5 atom stereocenters. The van der Waals surface area contributed by atoms with Crippen molar-refractivity contribution in [2.75, 3.05) is 31.7 Å². The van der Waals surface area contributed by atoms with E-state index in [9.17, 15) is 5.11 Å². The number of rotatable bonds is 7. The molecule has 9 rings (SSSR count). The van der Waals surface area contributed by atoms with Crippen LogP contribution in [-0.4, -0.2) is 91.1 Å². The maximum atomic E-state index is 17.3. The van der Waals surface area contributed by atoms with Crippen LogP contribution in [0.25, 0.3) is 32.9 Å². The lowest BCUT2D eigenvalue weighted by atomic mass is 9.74. The number of anilines is 1. The largest absolute Gasteiger partial charge is 0.508 e. The van der Waals surface area contributed by atoms with Gasteiger partial charge in [0.2, 0.25) is 5.88 Å². The van der Waals surface area contributed by atoms with E-state index in [1.54, 1.807) is 10.7 Å². The van der Waals surface area contributed by atoms with Crippen molar-refractivity contribution in [3.63, 3.8) is 0 Å². The second-order valence-corrected chi connectivity index (χ2v) is 16.1. The first kappa shape index (κ1) is 36.3. The molecule has 1 unspecified atom stereocenters. The van der Waals surface area contributed by atoms with Gasteiger partial charge in [-0.3, -0.25) is 4.90 Å². The minimum atomic E-state index is -0.817. The Morgan fingerprint density at radius 3 is 2.64 bits per heavy atom. The summed E-state index contributed by atoms with van der Waals surface area (Å²) >= 11 is 6.51. The summed E-state index contributed by atoms with van der Waals surface area (Å²) in [7, 11) is 1.44. The van der Waals surface area contributed by atoms with Crippen LogP contribution in [0, 0.1) is 17.0 Å². The Hall–Kier alpha value is -4.40. The standard InChI is InChI=1S/C40H45ClF2N8O4/c1-22-16-25(17-23(2)55-22)50-14-6-12-40(11-5-10-30(40)50)21-54-39-45-35-32(37(46-39)49-13-7-15-51-29(20-49)36(41)47-48-51)38(53-3)44-34(33(35)43)27-19-26(52)18-24-8-4-9-28(42)31(24)27/h4,8-9,18-19,22-23,25,30,52H,5-7,10-17,20-21H2,1-3H3/t22-,23+,25?,30-,40-/m1/s1. The van der Waals surface area contributed by atoms with Gasteiger partial charge >= 0.3 is 6.01 Å².